The molecule has 3 nitrogen and oxygen atoms in total. The number of rotatable bonds is 3. The van der Waals surface area contributed by atoms with Gasteiger partial charge in [-0.2, -0.15) is 0 Å². The SMILES string of the molecule is COC(=O)Cc1ccc(Br)c(Cl)c1OC. The molecule has 0 amide bonds. The predicted molar refractivity (Wildman–Crippen MR) is 61.4 cm³/mol. The Kier molecular flexibility index (Phi) is 4.42. The van der Waals surface area contributed by atoms with Gasteiger partial charge in [0.1, 0.15) is 5.75 Å². The second-order valence-electron chi connectivity index (χ2n) is 2.81. The van der Waals surface area contributed by atoms with Crippen LogP contribution in [0.3, 0.4) is 0 Å². The summed E-state index contributed by atoms with van der Waals surface area (Å²) in [6.45, 7) is 0. The van der Waals surface area contributed by atoms with Crippen LogP contribution in [-0.2, 0) is 16.0 Å². The number of hydrogen-bond donors (Lipinski definition) is 0. The van der Waals surface area contributed by atoms with Gasteiger partial charge in [-0.15, -0.1) is 0 Å². The maximum Gasteiger partial charge on any atom is 0.310 e. The predicted octanol–water partition coefficient (Wildman–Crippen LogP) is 2.83. The van der Waals surface area contributed by atoms with Crippen molar-refractivity contribution in [1.29, 1.82) is 0 Å². The molecule has 1 aromatic carbocycles. The van der Waals surface area contributed by atoms with Gasteiger partial charge < -0.3 is 9.47 Å². The van der Waals surface area contributed by atoms with Crippen molar-refractivity contribution in [1.82, 2.24) is 0 Å². The smallest absolute Gasteiger partial charge is 0.310 e. The summed E-state index contributed by atoms with van der Waals surface area (Å²) in [4.78, 5) is 11.1. The van der Waals surface area contributed by atoms with Gasteiger partial charge in [0.05, 0.1) is 25.7 Å². The summed E-state index contributed by atoms with van der Waals surface area (Å²) >= 11 is 9.28. The molecule has 0 aromatic heterocycles. The second-order valence-corrected chi connectivity index (χ2v) is 4.04. The highest BCUT2D eigenvalue weighted by Crippen LogP contribution is 2.35. The van der Waals surface area contributed by atoms with E-state index in [-0.39, 0.29) is 12.4 Å². The molecular weight excluding hydrogens is 283 g/mol. The molecule has 1 rings (SSSR count). The van der Waals surface area contributed by atoms with E-state index in [1.165, 1.54) is 14.2 Å². The molecule has 1 aromatic rings. The van der Waals surface area contributed by atoms with Crippen molar-refractivity contribution in [3.05, 3.63) is 27.2 Å². The third-order valence-corrected chi connectivity index (χ3v) is 3.16. The summed E-state index contributed by atoms with van der Waals surface area (Å²) < 4.78 is 10.4. The van der Waals surface area contributed by atoms with Crippen LogP contribution < -0.4 is 4.74 Å². The number of carbonyl (C=O) groups is 1. The molecule has 0 fully saturated rings. The minimum atomic E-state index is -0.327. The molecule has 0 aliphatic carbocycles. The minimum Gasteiger partial charge on any atom is -0.495 e. The summed E-state index contributed by atoms with van der Waals surface area (Å²) in [5.74, 6) is 0.170. The van der Waals surface area contributed by atoms with Gasteiger partial charge in [0.25, 0.3) is 0 Å². The van der Waals surface area contributed by atoms with Crippen molar-refractivity contribution in [2.45, 2.75) is 6.42 Å². The number of hydrogen-bond acceptors (Lipinski definition) is 3. The topological polar surface area (TPSA) is 35.5 Å². The Morgan fingerprint density at radius 1 is 1.47 bits per heavy atom. The number of benzene rings is 1. The van der Waals surface area contributed by atoms with Gasteiger partial charge >= 0.3 is 5.97 Å². The van der Waals surface area contributed by atoms with Gasteiger partial charge in [-0.05, 0) is 22.0 Å². The highest BCUT2D eigenvalue weighted by atomic mass is 79.9. The Bertz CT molecular complexity index is 379. The van der Waals surface area contributed by atoms with Crippen LogP contribution in [0.4, 0.5) is 0 Å². The first kappa shape index (κ1) is 12.3. The standard InChI is InChI=1S/C10H10BrClO3/c1-14-8(13)5-6-3-4-7(11)9(12)10(6)15-2/h3-4H,5H2,1-2H3. The molecule has 0 bridgehead atoms. The van der Waals surface area contributed by atoms with Crippen LogP contribution in [-0.4, -0.2) is 20.2 Å². The number of ether oxygens (including phenoxy) is 2. The molecule has 0 atom stereocenters. The van der Waals surface area contributed by atoms with Crippen LogP contribution in [0.1, 0.15) is 5.56 Å². The lowest BCUT2D eigenvalue weighted by atomic mass is 10.1. The maximum atomic E-state index is 11.1. The highest BCUT2D eigenvalue weighted by Gasteiger charge is 2.13. The largest absolute Gasteiger partial charge is 0.495 e. The number of carbonyl (C=O) groups excluding carboxylic acids is 1. The molecule has 0 heterocycles. The fraction of sp³-hybridized carbons (Fsp3) is 0.300. The van der Waals surface area contributed by atoms with Crippen molar-refractivity contribution in [2.24, 2.45) is 0 Å². The Morgan fingerprint density at radius 2 is 2.13 bits per heavy atom. The van der Waals surface area contributed by atoms with Crippen LogP contribution in [0.25, 0.3) is 0 Å². The van der Waals surface area contributed by atoms with Crippen molar-refractivity contribution in [3.63, 3.8) is 0 Å². The van der Waals surface area contributed by atoms with Crippen molar-refractivity contribution < 1.29 is 14.3 Å². The number of esters is 1. The number of methoxy groups -OCH3 is 2. The first-order chi connectivity index (χ1) is 7.10. The quantitative estimate of drug-likeness (QED) is 0.804. The molecule has 82 valence electrons. The molecule has 0 radical (unpaired) electrons. The molecule has 0 N–H and O–H groups in total. The van der Waals surface area contributed by atoms with Gasteiger partial charge in [0.15, 0.2) is 0 Å². The van der Waals surface area contributed by atoms with E-state index >= 15 is 0 Å². The van der Waals surface area contributed by atoms with Crippen LogP contribution >= 0.6 is 27.5 Å². The lowest BCUT2D eigenvalue weighted by Gasteiger charge is -2.10. The van der Waals surface area contributed by atoms with E-state index in [9.17, 15) is 4.79 Å². The molecule has 0 spiro atoms. The minimum absolute atomic E-state index is 0.146. The van der Waals surface area contributed by atoms with Gasteiger partial charge in [-0.1, -0.05) is 17.7 Å². The van der Waals surface area contributed by atoms with E-state index in [2.05, 4.69) is 20.7 Å². The third kappa shape index (κ3) is 2.86. The normalized spacial score (nSPS) is 9.87. The fourth-order valence-corrected chi connectivity index (χ4v) is 1.73. The van der Waals surface area contributed by atoms with Crippen molar-refractivity contribution in [3.8, 4) is 5.75 Å². The van der Waals surface area contributed by atoms with E-state index in [1.807, 2.05) is 0 Å². The Balaban J connectivity index is 3.07. The lowest BCUT2D eigenvalue weighted by molar-refractivity contribution is -0.139. The summed E-state index contributed by atoms with van der Waals surface area (Å²) in [6, 6.07) is 3.54. The van der Waals surface area contributed by atoms with E-state index in [0.29, 0.717) is 16.3 Å². The summed E-state index contributed by atoms with van der Waals surface area (Å²) in [5, 5.41) is 0.457. The summed E-state index contributed by atoms with van der Waals surface area (Å²) in [7, 11) is 2.85. The van der Waals surface area contributed by atoms with Crippen LogP contribution in [0.5, 0.6) is 5.75 Å². The van der Waals surface area contributed by atoms with E-state index in [0.717, 1.165) is 4.47 Å². The second kappa shape index (κ2) is 5.37. The molecule has 15 heavy (non-hydrogen) atoms. The van der Waals surface area contributed by atoms with Gasteiger partial charge in [-0.25, -0.2) is 0 Å². The Hall–Kier alpha value is -0.740. The molecule has 5 heteroatoms. The van der Waals surface area contributed by atoms with Gasteiger partial charge in [0, 0.05) is 10.0 Å². The molecule has 0 saturated heterocycles. The zero-order valence-corrected chi connectivity index (χ0v) is 10.7. The average molecular weight is 294 g/mol. The van der Waals surface area contributed by atoms with Crippen molar-refractivity contribution >= 4 is 33.5 Å². The Labute approximate surface area is 101 Å². The van der Waals surface area contributed by atoms with E-state index in [4.69, 9.17) is 16.3 Å². The fourth-order valence-electron chi connectivity index (χ4n) is 1.16. The van der Waals surface area contributed by atoms with Crippen LogP contribution in [0.2, 0.25) is 5.02 Å². The lowest BCUT2D eigenvalue weighted by Crippen LogP contribution is -2.06. The zero-order chi connectivity index (χ0) is 11.4. The van der Waals surface area contributed by atoms with Crippen LogP contribution in [0, 0.1) is 0 Å². The highest BCUT2D eigenvalue weighted by molar-refractivity contribution is 9.10. The molecular formula is C10H10BrClO3. The third-order valence-electron chi connectivity index (χ3n) is 1.90. The first-order valence-corrected chi connectivity index (χ1v) is 5.35. The average Bonchev–Trinajstić information content (AvgIpc) is 2.24. The van der Waals surface area contributed by atoms with E-state index < -0.39 is 0 Å². The summed E-state index contributed by atoms with van der Waals surface area (Å²) in [5.41, 5.74) is 0.706. The van der Waals surface area contributed by atoms with Crippen molar-refractivity contribution in [2.75, 3.05) is 14.2 Å². The van der Waals surface area contributed by atoms with E-state index in [1.54, 1.807) is 12.1 Å². The first-order valence-electron chi connectivity index (χ1n) is 4.17. The molecule has 0 saturated carbocycles. The van der Waals surface area contributed by atoms with Crippen LogP contribution in [0.15, 0.2) is 16.6 Å². The van der Waals surface area contributed by atoms with Gasteiger partial charge in [-0.3, -0.25) is 4.79 Å². The summed E-state index contributed by atoms with van der Waals surface area (Å²) in [6.07, 6.45) is 0.146. The van der Waals surface area contributed by atoms with Gasteiger partial charge in [0.2, 0.25) is 0 Å². The number of halogens is 2. The Morgan fingerprint density at radius 3 is 2.67 bits per heavy atom. The molecule has 0 aliphatic heterocycles. The zero-order valence-electron chi connectivity index (χ0n) is 8.34. The molecule has 0 unspecified atom stereocenters. The molecule has 0 aliphatic rings. The maximum absolute atomic E-state index is 11.1. The monoisotopic (exact) mass is 292 g/mol.